The number of β-amino-alcohol motifs (C(OH)–C–C–N with tert-alkyl or cyclic N) is 1. The van der Waals surface area contributed by atoms with Crippen molar-refractivity contribution >= 4 is 22.5 Å². The number of aromatic nitrogens is 4. The van der Waals surface area contributed by atoms with Crippen molar-refractivity contribution in [3.63, 3.8) is 0 Å². The molecular weight excluding hydrogens is 392 g/mol. The van der Waals surface area contributed by atoms with E-state index in [0.29, 0.717) is 17.9 Å². The second-order valence-corrected chi connectivity index (χ2v) is 7.99. The van der Waals surface area contributed by atoms with Crippen LogP contribution in [0.3, 0.4) is 0 Å². The molecule has 2 aromatic carbocycles. The molecule has 1 amide bonds. The summed E-state index contributed by atoms with van der Waals surface area (Å²) in [5.74, 6) is -0.270. The number of likely N-dealkylation sites (tertiary alicyclic amines) is 1. The lowest BCUT2D eigenvalue weighted by Gasteiger charge is -2.15. The number of rotatable bonds is 6. The minimum Gasteiger partial charge on any atom is -0.392 e. The summed E-state index contributed by atoms with van der Waals surface area (Å²) in [6.07, 6.45) is 4.11. The molecule has 1 fully saturated rings. The molecule has 2 aromatic heterocycles. The van der Waals surface area contributed by atoms with Gasteiger partial charge in [0.2, 0.25) is 0 Å². The van der Waals surface area contributed by atoms with Crippen molar-refractivity contribution in [1.82, 2.24) is 24.9 Å². The molecule has 0 spiro atoms. The van der Waals surface area contributed by atoms with E-state index in [0.717, 1.165) is 42.5 Å². The number of fused-ring (bicyclic) bond motifs is 1. The van der Waals surface area contributed by atoms with Crippen molar-refractivity contribution in [1.29, 1.82) is 0 Å². The van der Waals surface area contributed by atoms with Crippen LogP contribution in [-0.4, -0.2) is 55.1 Å². The van der Waals surface area contributed by atoms with E-state index >= 15 is 0 Å². The number of amides is 1. The largest absolute Gasteiger partial charge is 0.392 e. The number of aromatic amines is 1. The lowest BCUT2D eigenvalue weighted by Crippen LogP contribution is -2.21. The summed E-state index contributed by atoms with van der Waals surface area (Å²) in [4.78, 5) is 14.9. The Hall–Kier alpha value is -3.49. The van der Waals surface area contributed by atoms with Crippen molar-refractivity contribution in [2.45, 2.75) is 25.6 Å². The molecule has 0 aliphatic carbocycles. The molecule has 1 unspecified atom stereocenters. The van der Waals surface area contributed by atoms with Crippen LogP contribution in [0.15, 0.2) is 60.9 Å². The van der Waals surface area contributed by atoms with Crippen molar-refractivity contribution in [2.75, 3.05) is 18.4 Å². The first kappa shape index (κ1) is 19.5. The zero-order valence-corrected chi connectivity index (χ0v) is 17.0. The Labute approximate surface area is 179 Å². The van der Waals surface area contributed by atoms with Crippen molar-refractivity contribution in [3.8, 4) is 0 Å². The molecule has 1 aliphatic rings. The number of carbonyl (C=O) groups excluding carboxylic acids is 1. The van der Waals surface area contributed by atoms with E-state index in [-0.39, 0.29) is 12.0 Å². The molecule has 31 heavy (non-hydrogen) atoms. The summed E-state index contributed by atoms with van der Waals surface area (Å²) in [5.41, 5.74) is 4.18. The van der Waals surface area contributed by atoms with E-state index in [1.165, 1.54) is 5.56 Å². The van der Waals surface area contributed by atoms with Crippen LogP contribution in [0.5, 0.6) is 0 Å². The summed E-state index contributed by atoms with van der Waals surface area (Å²) >= 11 is 0. The number of carbonyl (C=O) groups is 1. The second-order valence-electron chi connectivity index (χ2n) is 7.99. The van der Waals surface area contributed by atoms with E-state index in [4.69, 9.17) is 0 Å². The van der Waals surface area contributed by atoms with Gasteiger partial charge in [0.15, 0.2) is 5.69 Å². The molecule has 8 nitrogen and oxygen atoms in total. The lowest BCUT2D eigenvalue weighted by atomic mass is 10.1. The number of aliphatic hydroxyl groups is 1. The fourth-order valence-electron chi connectivity index (χ4n) is 3.99. The molecule has 3 heterocycles. The molecule has 8 heteroatoms. The molecule has 0 radical (unpaired) electrons. The Balaban J connectivity index is 1.20. The highest BCUT2D eigenvalue weighted by atomic mass is 16.3. The van der Waals surface area contributed by atoms with Crippen LogP contribution in [0, 0.1) is 0 Å². The lowest BCUT2D eigenvalue weighted by molar-refractivity contribution is 0.102. The number of aliphatic hydroxyl groups excluding tert-OH is 1. The summed E-state index contributed by atoms with van der Waals surface area (Å²) in [6, 6.07) is 16.0. The van der Waals surface area contributed by atoms with E-state index in [1.807, 2.05) is 30.5 Å². The average Bonchev–Trinajstić information content (AvgIpc) is 3.50. The van der Waals surface area contributed by atoms with Crippen molar-refractivity contribution in [2.24, 2.45) is 0 Å². The van der Waals surface area contributed by atoms with Gasteiger partial charge in [-0.3, -0.25) is 19.5 Å². The standard InChI is InChI=1S/C23H24N6O2/c30-19-9-10-28(15-19)12-16-5-7-17(8-6-16)13-29-14-18(11-24-29)25-23(31)22-20-3-1-2-4-21(20)26-27-22/h1-8,11,14,19,30H,9-10,12-13,15H2,(H,25,31)(H,26,27). The maximum atomic E-state index is 12.6. The summed E-state index contributed by atoms with van der Waals surface area (Å²) in [5, 5.41) is 24.7. The first-order valence-electron chi connectivity index (χ1n) is 10.4. The van der Waals surface area contributed by atoms with Gasteiger partial charge in [-0.2, -0.15) is 10.2 Å². The van der Waals surface area contributed by atoms with Crippen LogP contribution in [0.25, 0.3) is 10.9 Å². The predicted molar refractivity (Wildman–Crippen MR) is 118 cm³/mol. The van der Waals surface area contributed by atoms with E-state index in [9.17, 15) is 9.90 Å². The zero-order chi connectivity index (χ0) is 21.2. The average molecular weight is 416 g/mol. The highest BCUT2D eigenvalue weighted by Crippen LogP contribution is 2.18. The zero-order valence-electron chi connectivity index (χ0n) is 17.0. The first-order valence-corrected chi connectivity index (χ1v) is 10.4. The van der Waals surface area contributed by atoms with Gasteiger partial charge in [-0.1, -0.05) is 42.5 Å². The maximum absolute atomic E-state index is 12.6. The van der Waals surface area contributed by atoms with Gasteiger partial charge in [0, 0.05) is 31.2 Å². The Morgan fingerprint density at radius 1 is 1.13 bits per heavy atom. The summed E-state index contributed by atoms with van der Waals surface area (Å²) in [7, 11) is 0. The van der Waals surface area contributed by atoms with Gasteiger partial charge in [-0.25, -0.2) is 0 Å². The Bertz CT molecular complexity index is 1200. The highest BCUT2D eigenvalue weighted by Gasteiger charge is 2.20. The fraction of sp³-hybridized carbons (Fsp3) is 0.261. The first-order chi connectivity index (χ1) is 15.1. The quantitative estimate of drug-likeness (QED) is 0.449. The highest BCUT2D eigenvalue weighted by molar-refractivity contribution is 6.10. The van der Waals surface area contributed by atoms with Gasteiger partial charge in [-0.05, 0) is 23.6 Å². The molecule has 3 N–H and O–H groups in total. The molecular formula is C23H24N6O2. The number of hydrogen-bond acceptors (Lipinski definition) is 5. The number of para-hydroxylation sites is 1. The van der Waals surface area contributed by atoms with Gasteiger partial charge in [0.25, 0.3) is 5.91 Å². The molecule has 1 atom stereocenters. The number of hydrogen-bond donors (Lipinski definition) is 3. The SMILES string of the molecule is O=C(Nc1cnn(Cc2ccc(CN3CCC(O)C3)cc2)c1)c1n[nH]c2ccccc12. The number of nitrogens with one attached hydrogen (secondary N) is 2. The minimum absolute atomic E-state index is 0.194. The van der Waals surface area contributed by atoms with Crippen LogP contribution in [0.2, 0.25) is 0 Å². The molecule has 1 aliphatic heterocycles. The monoisotopic (exact) mass is 416 g/mol. The summed E-state index contributed by atoms with van der Waals surface area (Å²) in [6.45, 7) is 3.16. The third-order valence-corrected chi connectivity index (χ3v) is 5.60. The Morgan fingerprint density at radius 2 is 1.90 bits per heavy atom. The third-order valence-electron chi connectivity index (χ3n) is 5.60. The van der Waals surface area contributed by atoms with Gasteiger partial charge in [0.05, 0.1) is 30.0 Å². The van der Waals surface area contributed by atoms with E-state index in [2.05, 4.69) is 49.8 Å². The number of benzene rings is 2. The van der Waals surface area contributed by atoms with Gasteiger partial charge >= 0.3 is 0 Å². The van der Waals surface area contributed by atoms with Crippen LogP contribution in [0.4, 0.5) is 5.69 Å². The van der Waals surface area contributed by atoms with Crippen molar-refractivity contribution < 1.29 is 9.90 Å². The van der Waals surface area contributed by atoms with Gasteiger partial charge in [-0.15, -0.1) is 0 Å². The molecule has 5 rings (SSSR count). The van der Waals surface area contributed by atoms with Crippen LogP contribution in [0.1, 0.15) is 28.0 Å². The van der Waals surface area contributed by atoms with E-state index in [1.54, 1.807) is 10.9 Å². The smallest absolute Gasteiger partial charge is 0.276 e. The van der Waals surface area contributed by atoms with E-state index < -0.39 is 0 Å². The molecule has 158 valence electrons. The second kappa shape index (κ2) is 8.33. The normalized spacial score (nSPS) is 16.7. The number of anilines is 1. The van der Waals surface area contributed by atoms with Gasteiger partial charge < -0.3 is 10.4 Å². The Kier molecular flexibility index (Phi) is 5.23. The maximum Gasteiger partial charge on any atom is 0.276 e. The molecule has 1 saturated heterocycles. The molecule has 0 saturated carbocycles. The molecule has 4 aromatic rings. The minimum atomic E-state index is -0.270. The van der Waals surface area contributed by atoms with Crippen LogP contribution >= 0.6 is 0 Å². The Morgan fingerprint density at radius 3 is 2.68 bits per heavy atom. The number of nitrogens with zero attached hydrogens (tertiary/aromatic N) is 4. The number of H-pyrrole nitrogens is 1. The van der Waals surface area contributed by atoms with Crippen molar-refractivity contribution in [3.05, 3.63) is 77.7 Å². The predicted octanol–water partition coefficient (Wildman–Crippen LogP) is 2.63. The summed E-state index contributed by atoms with van der Waals surface area (Å²) < 4.78 is 1.80. The van der Waals surface area contributed by atoms with Crippen LogP contribution < -0.4 is 5.32 Å². The molecule has 0 bridgehead atoms. The topological polar surface area (TPSA) is 99.1 Å². The fourth-order valence-corrected chi connectivity index (χ4v) is 3.99. The van der Waals surface area contributed by atoms with Crippen LogP contribution in [-0.2, 0) is 13.1 Å². The van der Waals surface area contributed by atoms with Gasteiger partial charge in [0.1, 0.15) is 0 Å². The third kappa shape index (κ3) is 4.35.